The van der Waals surface area contributed by atoms with Gasteiger partial charge in [-0.05, 0) is 26.0 Å². The van der Waals surface area contributed by atoms with Gasteiger partial charge in [0.15, 0.2) is 5.71 Å². The normalized spacial score (nSPS) is 12.1. The highest BCUT2D eigenvalue weighted by Crippen LogP contribution is 2.09. The molecule has 0 aromatic heterocycles. The summed E-state index contributed by atoms with van der Waals surface area (Å²) in [6.07, 6.45) is 0. The SMILES string of the molecule is CCOC(=O)C(CBr)=NNS(=O)(=O)c1ccc(C)cc1. The molecular weight excluding hydrogens is 348 g/mol. The maximum atomic E-state index is 12.0. The van der Waals surface area contributed by atoms with Gasteiger partial charge in [0.05, 0.1) is 16.8 Å². The standard InChI is InChI=1S/C12H15BrN2O4S/c1-3-19-12(16)11(8-13)14-15-20(17,18)10-6-4-9(2)5-7-10/h4-7,15H,3,8H2,1-2H3. The molecule has 0 radical (unpaired) electrons. The van der Waals surface area contributed by atoms with Crippen LogP contribution in [0.5, 0.6) is 0 Å². The number of halogens is 1. The molecule has 1 rings (SSSR count). The largest absolute Gasteiger partial charge is 0.461 e. The van der Waals surface area contributed by atoms with Crippen molar-refractivity contribution in [3.63, 3.8) is 0 Å². The molecule has 110 valence electrons. The van der Waals surface area contributed by atoms with E-state index in [1.54, 1.807) is 19.1 Å². The topological polar surface area (TPSA) is 84.8 Å². The monoisotopic (exact) mass is 362 g/mol. The molecule has 0 unspecified atom stereocenters. The second kappa shape index (κ2) is 7.39. The maximum Gasteiger partial charge on any atom is 0.355 e. The van der Waals surface area contributed by atoms with E-state index in [0.29, 0.717) is 0 Å². The van der Waals surface area contributed by atoms with Gasteiger partial charge in [-0.2, -0.15) is 18.4 Å². The summed E-state index contributed by atoms with van der Waals surface area (Å²) in [5.41, 5.74) is 0.891. The van der Waals surface area contributed by atoms with E-state index in [4.69, 9.17) is 4.74 Å². The first kappa shape index (κ1) is 16.6. The highest BCUT2D eigenvalue weighted by Gasteiger charge is 2.16. The van der Waals surface area contributed by atoms with Crippen LogP contribution < -0.4 is 4.83 Å². The highest BCUT2D eigenvalue weighted by atomic mass is 79.9. The third-order valence-electron chi connectivity index (χ3n) is 2.27. The third-order valence-corrected chi connectivity index (χ3v) is 4.03. The third kappa shape index (κ3) is 4.61. The number of benzene rings is 1. The Kier molecular flexibility index (Phi) is 6.15. The van der Waals surface area contributed by atoms with Crippen molar-refractivity contribution in [2.75, 3.05) is 11.9 Å². The Balaban J connectivity index is 2.90. The van der Waals surface area contributed by atoms with E-state index in [-0.39, 0.29) is 22.5 Å². The van der Waals surface area contributed by atoms with Crippen molar-refractivity contribution in [2.24, 2.45) is 5.10 Å². The van der Waals surface area contributed by atoms with E-state index in [1.165, 1.54) is 12.1 Å². The van der Waals surface area contributed by atoms with Crippen LogP contribution in [0.1, 0.15) is 12.5 Å². The summed E-state index contributed by atoms with van der Waals surface area (Å²) >= 11 is 3.05. The van der Waals surface area contributed by atoms with Gasteiger partial charge in [0.1, 0.15) is 0 Å². The molecule has 0 aliphatic rings. The summed E-state index contributed by atoms with van der Waals surface area (Å²) in [7, 11) is -3.80. The Labute approximate surface area is 126 Å². The summed E-state index contributed by atoms with van der Waals surface area (Å²) in [5, 5.41) is 3.67. The minimum atomic E-state index is -3.80. The van der Waals surface area contributed by atoms with E-state index in [1.807, 2.05) is 11.8 Å². The molecule has 0 atom stereocenters. The second-order valence-corrected chi connectivity index (χ2v) is 6.04. The van der Waals surface area contributed by atoms with Crippen molar-refractivity contribution in [3.8, 4) is 0 Å². The first-order valence-corrected chi connectivity index (χ1v) is 8.39. The lowest BCUT2D eigenvalue weighted by Gasteiger charge is -2.06. The van der Waals surface area contributed by atoms with Crippen LogP contribution in [0, 0.1) is 6.92 Å². The molecule has 0 amide bonds. The van der Waals surface area contributed by atoms with Crippen LogP contribution in [-0.2, 0) is 19.6 Å². The van der Waals surface area contributed by atoms with E-state index in [2.05, 4.69) is 21.0 Å². The van der Waals surface area contributed by atoms with Gasteiger partial charge in [-0.15, -0.1) is 0 Å². The summed E-state index contributed by atoms with van der Waals surface area (Å²) in [5.74, 6) is -0.670. The van der Waals surface area contributed by atoms with Gasteiger partial charge in [0, 0.05) is 0 Å². The second-order valence-electron chi connectivity index (χ2n) is 3.82. The number of sulfonamides is 1. The summed E-state index contributed by atoms with van der Waals surface area (Å²) in [6.45, 7) is 3.70. The Bertz CT molecular complexity index is 596. The van der Waals surface area contributed by atoms with Crippen molar-refractivity contribution < 1.29 is 17.9 Å². The fourth-order valence-electron chi connectivity index (χ4n) is 1.23. The predicted octanol–water partition coefficient (Wildman–Crippen LogP) is 1.59. The van der Waals surface area contributed by atoms with Gasteiger partial charge in [0.25, 0.3) is 10.0 Å². The van der Waals surface area contributed by atoms with Gasteiger partial charge in [-0.25, -0.2) is 4.79 Å². The number of hydrogen-bond donors (Lipinski definition) is 1. The lowest BCUT2D eigenvalue weighted by molar-refractivity contribution is -0.135. The average molecular weight is 363 g/mol. The summed E-state index contributed by atoms with van der Waals surface area (Å²) in [4.78, 5) is 13.5. The van der Waals surface area contributed by atoms with Crippen molar-refractivity contribution in [1.82, 2.24) is 4.83 Å². The Morgan fingerprint density at radius 1 is 1.35 bits per heavy atom. The van der Waals surface area contributed by atoms with E-state index in [9.17, 15) is 13.2 Å². The molecule has 0 heterocycles. The Hall–Kier alpha value is -1.41. The number of nitrogens with one attached hydrogen (secondary N) is 1. The lowest BCUT2D eigenvalue weighted by Crippen LogP contribution is -2.26. The first-order valence-electron chi connectivity index (χ1n) is 5.79. The molecule has 20 heavy (non-hydrogen) atoms. The smallest absolute Gasteiger partial charge is 0.355 e. The van der Waals surface area contributed by atoms with Gasteiger partial charge in [-0.3, -0.25) is 0 Å². The number of aryl methyl sites for hydroxylation is 1. The fourth-order valence-corrected chi connectivity index (χ4v) is 2.41. The molecule has 0 fully saturated rings. The minimum absolute atomic E-state index is 0.0532. The average Bonchev–Trinajstić information content (AvgIpc) is 2.40. The number of alkyl halides is 1. The molecule has 0 aliphatic heterocycles. The quantitative estimate of drug-likeness (QED) is 0.360. The molecule has 0 aliphatic carbocycles. The number of hydrogen-bond acceptors (Lipinski definition) is 5. The fraction of sp³-hybridized carbons (Fsp3) is 0.333. The van der Waals surface area contributed by atoms with E-state index < -0.39 is 16.0 Å². The molecule has 0 saturated carbocycles. The van der Waals surface area contributed by atoms with Gasteiger partial charge in [0.2, 0.25) is 0 Å². The molecule has 0 saturated heterocycles. The Morgan fingerprint density at radius 3 is 2.45 bits per heavy atom. The summed E-state index contributed by atoms with van der Waals surface area (Å²) in [6, 6.07) is 6.28. The lowest BCUT2D eigenvalue weighted by atomic mass is 10.2. The predicted molar refractivity (Wildman–Crippen MR) is 79.4 cm³/mol. The molecule has 1 aromatic rings. The summed E-state index contributed by atoms with van der Waals surface area (Å²) < 4.78 is 28.7. The number of carbonyl (C=O) groups excluding carboxylic acids is 1. The first-order chi connectivity index (χ1) is 9.40. The molecule has 0 spiro atoms. The number of esters is 1. The maximum absolute atomic E-state index is 12.0. The molecule has 0 bridgehead atoms. The zero-order valence-electron chi connectivity index (χ0n) is 11.1. The molecule has 6 nitrogen and oxygen atoms in total. The Morgan fingerprint density at radius 2 is 1.95 bits per heavy atom. The van der Waals surface area contributed by atoms with Crippen LogP contribution in [0.25, 0.3) is 0 Å². The molecule has 8 heteroatoms. The minimum Gasteiger partial charge on any atom is -0.461 e. The van der Waals surface area contributed by atoms with Crippen molar-refractivity contribution in [2.45, 2.75) is 18.7 Å². The number of nitrogens with zero attached hydrogens (tertiary/aromatic N) is 1. The molecule has 1 N–H and O–H groups in total. The van der Waals surface area contributed by atoms with Crippen LogP contribution in [-0.4, -0.2) is 32.0 Å². The van der Waals surface area contributed by atoms with Crippen LogP contribution >= 0.6 is 15.9 Å². The van der Waals surface area contributed by atoms with E-state index >= 15 is 0 Å². The van der Waals surface area contributed by atoms with Crippen LogP contribution in [0.2, 0.25) is 0 Å². The van der Waals surface area contributed by atoms with Crippen LogP contribution in [0.4, 0.5) is 0 Å². The van der Waals surface area contributed by atoms with Crippen molar-refractivity contribution in [1.29, 1.82) is 0 Å². The van der Waals surface area contributed by atoms with Crippen molar-refractivity contribution >= 4 is 37.6 Å². The van der Waals surface area contributed by atoms with Crippen molar-refractivity contribution in [3.05, 3.63) is 29.8 Å². The van der Waals surface area contributed by atoms with Gasteiger partial charge < -0.3 is 4.74 Å². The highest BCUT2D eigenvalue weighted by molar-refractivity contribution is 9.09. The number of rotatable bonds is 6. The zero-order valence-corrected chi connectivity index (χ0v) is 13.5. The number of hydrazone groups is 1. The van der Waals surface area contributed by atoms with Gasteiger partial charge in [-0.1, -0.05) is 33.6 Å². The number of carbonyl (C=O) groups is 1. The van der Waals surface area contributed by atoms with Crippen LogP contribution in [0.3, 0.4) is 0 Å². The molecule has 1 aromatic carbocycles. The van der Waals surface area contributed by atoms with Gasteiger partial charge >= 0.3 is 5.97 Å². The number of ether oxygens (including phenoxy) is 1. The van der Waals surface area contributed by atoms with Crippen LogP contribution in [0.15, 0.2) is 34.3 Å². The van der Waals surface area contributed by atoms with E-state index in [0.717, 1.165) is 5.56 Å². The molecular formula is C12H15BrN2O4S. The zero-order chi connectivity index (χ0) is 15.2.